The molecule has 2 saturated carbocycles. The van der Waals surface area contributed by atoms with Gasteiger partial charge in [0.05, 0.1) is 12.0 Å². The molecule has 2 aliphatic rings. The second-order valence-corrected chi connectivity index (χ2v) is 9.72. The zero-order valence-corrected chi connectivity index (χ0v) is 20.8. The smallest absolute Gasteiger partial charge is 0.256 e. The molecule has 2 N–H and O–H groups in total. The second-order valence-electron chi connectivity index (χ2n) is 9.72. The predicted octanol–water partition coefficient (Wildman–Crippen LogP) is 3.38. The van der Waals surface area contributed by atoms with Gasteiger partial charge in [0.1, 0.15) is 5.78 Å². The minimum atomic E-state index is -0.241. The lowest BCUT2D eigenvalue weighted by Crippen LogP contribution is -2.42. The summed E-state index contributed by atoms with van der Waals surface area (Å²) in [5, 5.41) is 5.94. The molecule has 0 aromatic carbocycles. The molecule has 2 fully saturated rings. The fourth-order valence-electron chi connectivity index (χ4n) is 4.36. The summed E-state index contributed by atoms with van der Waals surface area (Å²) in [7, 11) is 3.61. The molecule has 4 atom stereocenters. The SMILES string of the molecule is CC(=O)C(=CN(C)C)C(=O)NC1CCCCC1C.CC(=O)CC(=O)NC1CCCCC1C. The maximum atomic E-state index is 12.1. The van der Waals surface area contributed by atoms with Crippen LogP contribution in [0.5, 0.6) is 0 Å². The topological polar surface area (TPSA) is 95.6 Å². The standard InChI is InChI=1S/C14H24N2O2.C11H19NO2/c1-10-7-5-6-8-13(10)15-14(18)12(11(2)17)9-16(3)4;1-8-5-3-4-6-10(8)12-11(14)7-9(2)13/h9-10,13H,5-8H2,1-4H3,(H,15,18);8,10H,3-7H2,1-2H3,(H,12,14). The summed E-state index contributed by atoms with van der Waals surface area (Å²) in [6, 6.07) is 0.492. The van der Waals surface area contributed by atoms with Crippen molar-refractivity contribution >= 4 is 23.4 Å². The third kappa shape index (κ3) is 10.4. The van der Waals surface area contributed by atoms with Crippen LogP contribution in [0, 0.1) is 11.8 Å². The Bertz CT molecular complexity index is 687. The van der Waals surface area contributed by atoms with Gasteiger partial charge in [-0.1, -0.05) is 39.5 Å². The Morgan fingerprint density at radius 2 is 1.28 bits per heavy atom. The van der Waals surface area contributed by atoms with Crippen LogP contribution in [0.1, 0.15) is 85.5 Å². The number of Topliss-reactive ketones (excluding diaryl/α,β-unsaturated/α-hetero) is 2. The van der Waals surface area contributed by atoms with Gasteiger partial charge in [0.2, 0.25) is 5.91 Å². The molecule has 7 heteroatoms. The summed E-state index contributed by atoms with van der Waals surface area (Å²) in [5.74, 6) is 0.441. The minimum absolute atomic E-state index is 0.0310. The van der Waals surface area contributed by atoms with Gasteiger partial charge in [0.15, 0.2) is 5.78 Å². The van der Waals surface area contributed by atoms with Crippen LogP contribution in [-0.2, 0) is 19.2 Å². The van der Waals surface area contributed by atoms with Crippen molar-refractivity contribution in [3.63, 3.8) is 0 Å². The normalized spacial score (nSPS) is 25.6. The van der Waals surface area contributed by atoms with Crippen LogP contribution in [0.2, 0.25) is 0 Å². The summed E-state index contributed by atoms with van der Waals surface area (Å²) in [6.45, 7) is 7.20. The van der Waals surface area contributed by atoms with Gasteiger partial charge in [0, 0.05) is 32.4 Å². The van der Waals surface area contributed by atoms with Crippen molar-refractivity contribution in [3.8, 4) is 0 Å². The zero-order valence-electron chi connectivity index (χ0n) is 20.8. The number of amides is 2. The predicted molar refractivity (Wildman–Crippen MR) is 127 cm³/mol. The van der Waals surface area contributed by atoms with Crippen molar-refractivity contribution in [1.82, 2.24) is 15.5 Å². The molecule has 0 aromatic rings. The van der Waals surface area contributed by atoms with Crippen LogP contribution in [0.3, 0.4) is 0 Å². The number of nitrogens with zero attached hydrogens (tertiary/aromatic N) is 1. The van der Waals surface area contributed by atoms with Gasteiger partial charge in [-0.15, -0.1) is 0 Å². The lowest BCUT2D eigenvalue weighted by Gasteiger charge is -2.29. The Morgan fingerprint density at radius 3 is 1.69 bits per heavy atom. The molecule has 0 aliphatic heterocycles. The Labute approximate surface area is 193 Å². The highest BCUT2D eigenvalue weighted by atomic mass is 16.2. The average Bonchev–Trinajstić information content (AvgIpc) is 2.69. The maximum absolute atomic E-state index is 12.1. The van der Waals surface area contributed by atoms with E-state index in [2.05, 4.69) is 24.5 Å². The largest absolute Gasteiger partial charge is 0.383 e. The molecule has 0 aromatic heterocycles. The Morgan fingerprint density at radius 1 is 0.812 bits per heavy atom. The van der Waals surface area contributed by atoms with Gasteiger partial charge >= 0.3 is 0 Å². The van der Waals surface area contributed by atoms with Gasteiger partial charge in [-0.25, -0.2) is 0 Å². The molecule has 0 heterocycles. The number of rotatable bonds is 7. The van der Waals surface area contributed by atoms with E-state index in [-0.39, 0.29) is 47.5 Å². The molecule has 182 valence electrons. The van der Waals surface area contributed by atoms with E-state index in [0.29, 0.717) is 11.8 Å². The maximum Gasteiger partial charge on any atom is 0.256 e. The molecule has 32 heavy (non-hydrogen) atoms. The summed E-state index contributed by atoms with van der Waals surface area (Å²) in [5.41, 5.74) is 0.234. The molecule has 4 unspecified atom stereocenters. The summed E-state index contributed by atoms with van der Waals surface area (Å²) >= 11 is 0. The number of ketones is 2. The van der Waals surface area contributed by atoms with Gasteiger partial charge in [-0.05, 0) is 51.4 Å². The first-order valence-corrected chi connectivity index (χ1v) is 12.0. The molecule has 0 spiro atoms. The van der Waals surface area contributed by atoms with Crippen molar-refractivity contribution in [2.75, 3.05) is 14.1 Å². The van der Waals surface area contributed by atoms with Crippen LogP contribution in [0.25, 0.3) is 0 Å². The molecule has 2 rings (SSSR count). The highest BCUT2D eigenvalue weighted by Crippen LogP contribution is 2.24. The van der Waals surface area contributed by atoms with E-state index in [1.54, 1.807) is 25.2 Å². The first-order valence-electron chi connectivity index (χ1n) is 12.0. The Kier molecular flexibility index (Phi) is 12.2. The summed E-state index contributed by atoms with van der Waals surface area (Å²) in [4.78, 5) is 47.4. The van der Waals surface area contributed by atoms with Gasteiger partial charge < -0.3 is 15.5 Å². The highest BCUT2D eigenvalue weighted by molar-refractivity contribution is 6.18. The third-order valence-electron chi connectivity index (χ3n) is 6.31. The van der Waals surface area contributed by atoms with E-state index in [0.717, 1.165) is 25.7 Å². The lowest BCUT2D eigenvalue weighted by molar-refractivity contribution is -0.128. The van der Waals surface area contributed by atoms with Crippen LogP contribution < -0.4 is 10.6 Å². The Hall–Kier alpha value is -2.18. The van der Waals surface area contributed by atoms with E-state index in [1.807, 2.05) is 0 Å². The highest BCUT2D eigenvalue weighted by Gasteiger charge is 2.25. The fourth-order valence-corrected chi connectivity index (χ4v) is 4.36. The lowest BCUT2D eigenvalue weighted by atomic mass is 9.86. The average molecular weight is 450 g/mol. The van der Waals surface area contributed by atoms with E-state index < -0.39 is 0 Å². The van der Waals surface area contributed by atoms with Gasteiger partial charge in [-0.3, -0.25) is 19.2 Å². The minimum Gasteiger partial charge on any atom is -0.383 e. The molecular weight excluding hydrogens is 406 g/mol. The quantitative estimate of drug-likeness (QED) is 0.353. The molecule has 2 aliphatic carbocycles. The first kappa shape index (κ1) is 27.9. The number of hydrogen-bond acceptors (Lipinski definition) is 5. The van der Waals surface area contributed by atoms with Crippen LogP contribution in [0.15, 0.2) is 11.8 Å². The molecule has 0 bridgehead atoms. The summed E-state index contributed by atoms with van der Waals surface area (Å²) in [6.07, 6.45) is 10.9. The second kappa shape index (κ2) is 14.1. The number of carbonyl (C=O) groups is 4. The molecule has 0 radical (unpaired) electrons. The monoisotopic (exact) mass is 449 g/mol. The zero-order chi connectivity index (χ0) is 24.3. The Balaban J connectivity index is 0.000000330. The van der Waals surface area contributed by atoms with Crippen molar-refractivity contribution in [2.45, 2.75) is 97.6 Å². The fraction of sp³-hybridized carbons (Fsp3) is 0.760. The van der Waals surface area contributed by atoms with Crippen molar-refractivity contribution in [1.29, 1.82) is 0 Å². The van der Waals surface area contributed by atoms with Crippen molar-refractivity contribution in [2.24, 2.45) is 11.8 Å². The number of carbonyl (C=O) groups excluding carboxylic acids is 4. The molecular formula is C25H43N3O4. The van der Waals surface area contributed by atoms with E-state index >= 15 is 0 Å². The first-order chi connectivity index (χ1) is 15.0. The van der Waals surface area contributed by atoms with E-state index in [1.165, 1.54) is 39.5 Å². The molecule has 0 saturated heterocycles. The summed E-state index contributed by atoms with van der Waals surface area (Å²) < 4.78 is 0. The van der Waals surface area contributed by atoms with Crippen molar-refractivity contribution < 1.29 is 19.2 Å². The third-order valence-corrected chi connectivity index (χ3v) is 6.31. The molecule has 2 amide bonds. The van der Waals surface area contributed by atoms with Crippen LogP contribution in [0.4, 0.5) is 0 Å². The number of hydrogen-bond donors (Lipinski definition) is 2. The van der Waals surface area contributed by atoms with E-state index in [4.69, 9.17) is 0 Å². The van der Waals surface area contributed by atoms with Crippen molar-refractivity contribution in [3.05, 3.63) is 11.8 Å². The molecule has 7 nitrogen and oxygen atoms in total. The van der Waals surface area contributed by atoms with Crippen LogP contribution in [-0.4, -0.2) is 54.5 Å². The van der Waals surface area contributed by atoms with Gasteiger partial charge in [0.25, 0.3) is 5.91 Å². The van der Waals surface area contributed by atoms with Gasteiger partial charge in [-0.2, -0.15) is 0 Å². The number of nitrogens with one attached hydrogen (secondary N) is 2. The van der Waals surface area contributed by atoms with Crippen LogP contribution >= 0.6 is 0 Å². The van der Waals surface area contributed by atoms with E-state index in [9.17, 15) is 19.2 Å².